The Bertz CT molecular complexity index is 691. The summed E-state index contributed by atoms with van der Waals surface area (Å²) in [4.78, 5) is 2.97. The summed E-state index contributed by atoms with van der Waals surface area (Å²) >= 11 is 7.52. The van der Waals surface area contributed by atoms with E-state index >= 15 is 0 Å². The van der Waals surface area contributed by atoms with Crippen LogP contribution in [0.1, 0.15) is 5.56 Å². The highest BCUT2D eigenvalue weighted by atomic mass is 35.5. The van der Waals surface area contributed by atoms with Crippen LogP contribution in [0.4, 0.5) is 0 Å². The largest absolute Gasteiger partial charge is 0.361 e. The van der Waals surface area contributed by atoms with E-state index in [2.05, 4.69) is 5.32 Å². The molecular formula is C16H13ClN4S. The number of hydrogen-bond acceptors (Lipinski definition) is 5. The van der Waals surface area contributed by atoms with E-state index in [4.69, 9.17) is 22.1 Å². The normalized spacial score (nSPS) is 16.6. The molecule has 0 saturated heterocycles. The quantitative estimate of drug-likeness (QED) is 0.674. The summed E-state index contributed by atoms with van der Waals surface area (Å²) in [5.74, 6) is 0. The van der Waals surface area contributed by atoms with Crippen LogP contribution in [-0.2, 0) is 0 Å². The molecule has 0 amide bonds. The van der Waals surface area contributed by atoms with Crippen molar-refractivity contribution in [3.63, 3.8) is 0 Å². The Morgan fingerprint density at radius 2 is 1.95 bits per heavy atom. The van der Waals surface area contributed by atoms with Crippen molar-refractivity contribution < 1.29 is 0 Å². The molecule has 4 nitrogen and oxygen atoms in total. The third-order valence-corrected chi connectivity index (χ3v) is 4.50. The highest BCUT2D eigenvalue weighted by Gasteiger charge is 2.17. The monoisotopic (exact) mass is 328 g/mol. The fraction of sp³-hybridized carbons (Fsp3) is 0.125. The van der Waals surface area contributed by atoms with Gasteiger partial charge in [0.15, 0.2) is 5.50 Å². The maximum Gasteiger partial charge on any atom is 0.151 e. The van der Waals surface area contributed by atoms with Crippen LogP contribution in [0.3, 0.4) is 0 Å². The molecule has 1 aliphatic heterocycles. The van der Waals surface area contributed by atoms with Crippen LogP contribution >= 0.6 is 23.4 Å². The van der Waals surface area contributed by atoms with Gasteiger partial charge in [-0.05, 0) is 29.8 Å². The van der Waals surface area contributed by atoms with Gasteiger partial charge in [0.25, 0.3) is 0 Å². The first-order chi connectivity index (χ1) is 10.6. The number of benzene rings is 1. The third-order valence-electron chi connectivity index (χ3n) is 2.93. The average molecular weight is 329 g/mol. The Hall–Kier alpha value is -2.34. The lowest BCUT2D eigenvalue weighted by Gasteiger charge is -2.21. The molecule has 1 N–H and O–H groups in total. The molecule has 1 heterocycles. The number of nitrogens with zero attached hydrogens (tertiary/aromatic N) is 3. The maximum absolute atomic E-state index is 8.85. The molecule has 0 aromatic heterocycles. The summed E-state index contributed by atoms with van der Waals surface area (Å²) in [6.07, 6.45) is 7.13. The van der Waals surface area contributed by atoms with Crippen LogP contribution in [0.25, 0.3) is 4.91 Å². The van der Waals surface area contributed by atoms with Crippen LogP contribution in [0.15, 0.2) is 54.4 Å². The van der Waals surface area contributed by atoms with Gasteiger partial charge in [0, 0.05) is 29.4 Å². The van der Waals surface area contributed by atoms with Crippen LogP contribution in [0.5, 0.6) is 0 Å². The van der Waals surface area contributed by atoms with Crippen molar-refractivity contribution in [1.29, 1.82) is 10.5 Å². The SMILES string of the molecule is CN1C=CNC1S/C(=C/C=C(C#N)C#N)c1ccc(Cl)cc1. The van der Waals surface area contributed by atoms with E-state index in [1.54, 1.807) is 17.8 Å². The number of halogens is 1. The second-order valence-corrected chi connectivity index (χ2v) is 6.02. The van der Waals surface area contributed by atoms with Crippen LogP contribution in [0, 0.1) is 22.7 Å². The highest BCUT2D eigenvalue weighted by Crippen LogP contribution is 2.33. The molecule has 110 valence electrons. The fourth-order valence-electron chi connectivity index (χ4n) is 1.75. The third kappa shape index (κ3) is 4.08. The molecule has 0 fully saturated rings. The van der Waals surface area contributed by atoms with Crippen LogP contribution < -0.4 is 5.32 Å². The summed E-state index contributed by atoms with van der Waals surface area (Å²) in [7, 11) is 1.97. The first-order valence-corrected chi connectivity index (χ1v) is 7.69. The Balaban J connectivity index is 2.30. The number of hydrogen-bond donors (Lipinski definition) is 1. The summed E-state index contributed by atoms with van der Waals surface area (Å²) in [6, 6.07) is 11.2. The minimum absolute atomic E-state index is 0.0583. The zero-order valence-corrected chi connectivity index (χ0v) is 13.4. The average Bonchev–Trinajstić information content (AvgIpc) is 2.93. The molecule has 0 bridgehead atoms. The zero-order valence-electron chi connectivity index (χ0n) is 11.8. The second kappa shape index (κ2) is 7.61. The van der Waals surface area contributed by atoms with Crippen molar-refractivity contribution in [2.24, 2.45) is 0 Å². The lowest BCUT2D eigenvalue weighted by molar-refractivity contribution is 0.438. The first kappa shape index (κ1) is 16.0. The molecule has 22 heavy (non-hydrogen) atoms. The lowest BCUT2D eigenvalue weighted by Crippen LogP contribution is -2.28. The van der Waals surface area contributed by atoms with Gasteiger partial charge in [0.05, 0.1) is 0 Å². The van der Waals surface area contributed by atoms with Crippen molar-refractivity contribution in [3.05, 3.63) is 65.0 Å². The zero-order chi connectivity index (χ0) is 15.9. The highest BCUT2D eigenvalue weighted by molar-refractivity contribution is 8.08. The number of nitrogens with one attached hydrogen (secondary N) is 1. The van der Waals surface area contributed by atoms with E-state index in [1.165, 1.54) is 6.08 Å². The fourth-order valence-corrected chi connectivity index (χ4v) is 2.92. The van der Waals surface area contributed by atoms with Crippen LogP contribution in [0.2, 0.25) is 5.02 Å². The first-order valence-electron chi connectivity index (χ1n) is 6.43. The van der Waals surface area contributed by atoms with Gasteiger partial charge in [0.1, 0.15) is 17.7 Å². The molecule has 0 spiro atoms. The van der Waals surface area contributed by atoms with Crippen molar-refractivity contribution >= 4 is 28.3 Å². The van der Waals surface area contributed by atoms with Crippen LogP contribution in [-0.4, -0.2) is 17.4 Å². The number of rotatable bonds is 4. The minimum Gasteiger partial charge on any atom is -0.361 e. The summed E-state index contributed by atoms with van der Waals surface area (Å²) in [5.41, 5.74) is 1.10. The van der Waals surface area contributed by atoms with E-state index in [0.29, 0.717) is 5.02 Å². The van der Waals surface area contributed by atoms with E-state index in [-0.39, 0.29) is 11.1 Å². The van der Waals surface area contributed by atoms with Crippen molar-refractivity contribution in [3.8, 4) is 12.1 Å². The predicted molar refractivity (Wildman–Crippen MR) is 90.2 cm³/mol. The smallest absolute Gasteiger partial charge is 0.151 e. The van der Waals surface area contributed by atoms with Gasteiger partial charge in [-0.3, -0.25) is 0 Å². The van der Waals surface area contributed by atoms with Gasteiger partial charge in [-0.2, -0.15) is 10.5 Å². The van der Waals surface area contributed by atoms with E-state index < -0.39 is 0 Å². The van der Waals surface area contributed by atoms with Gasteiger partial charge in [-0.25, -0.2) is 0 Å². The Morgan fingerprint density at radius 3 is 2.50 bits per heavy atom. The van der Waals surface area contributed by atoms with E-state index in [9.17, 15) is 0 Å². The Kier molecular flexibility index (Phi) is 5.55. The molecule has 1 aliphatic rings. The van der Waals surface area contributed by atoms with E-state index in [0.717, 1.165) is 10.5 Å². The minimum atomic E-state index is 0.0583. The lowest BCUT2D eigenvalue weighted by atomic mass is 10.2. The Labute approximate surface area is 139 Å². The van der Waals surface area contributed by atoms with Crippen molar-refractivity contribution in [1.82, 2.24) is 10.2 Å². The molecule has 1 atom stereocenters. The van der Waals surface area contributed by atoms with Gasteiger partial charge in [-0.15, -0.1) is 0 Å². The number of allylic oxidation sites excluding steroid dienone is 3. The van der Waals surface area contributed by atoms with Gasteiger partial charge >= 0.3 is 0 Å². The maximum atomic E-state index is 8.85. The predicted octanol–water partition coefficient (Wildman–Crippen LogP) is 3.68. The Morgan fingerprint density at radius 1 is 1.27 bits per heavy atom. The van der Waals surface area contributed by atoms with Crippen molar-refractivity contribution in [2.75, 3.05) is 7.05 Å². The summed E-state index contributed by atoms with van der Waals surface area (Å²) in [5, 5.41) is 21.6. The molecule has 0 radical (unpaired) electrons. The number of nitriles is 2. The van der Waals surface area contributed by atoms with E-state index in [1.807, 2.05) is 60.8 Å². The molecule has 1 unspecified atom stereocenters. The molecule has 2 rings (SSSR count). The molecule has 0 saturated carbocycles. The second-order valence-electron chi connectivity index (χ2n) is 4.46. The number of thioether (sulfide) groups is 1. The van der Waals surface area contributed by atoms with Crippen molar-refractivity contribution in [2.45, 2.75) is 5.50 Å². The molecule has 1 aromatic rings. The molecule has 1 aromatic carbocycles. The summed E-state index contributed by atoms with van der Waals surface area (Å²) < 4.78 is 0. The molecular weight excluding hydrogens is 316 g/mol. The van der Waals surface area contributed by atoms with Gasteiger partial charge in [-0.1, -0.05) is 35.5 Å². The standard InChI is InChI=1S/C16H13ClN4S/c1-21-9-8-20-16(21)22-15(7-2-12(10-18)11-19)13-3-5-14(17)6-4-13/h2-9,16,20H,1H3/b15-7+. The molecule has 6 heteroatoms. The van der Waals surface area contributed by atoms with Gasteiger partial charge < -0.3 is 10.2 Å². The summed E-state index contributed by atoms with van der Waals surface area (Å²) in [6.45, 7) is 0. The topological polar surface area (TPSA) is 62.9 Å². The molecule has 0 aliphatic carbocycles. The van der Waals surface area contributed by atoms with Gasteiger partial charge in [0.2, 0.25) is 0 Å².